The lowest BCUT2D eigenvalue weighted by molar-refractivity contribution is -0.116. The van der Waals surface area contributed by atoms with Gasteiger partial charge in [-0.05, 0) is 12.0 Å². The highest BCUT2D eigenvalue weighted by Crippen LogP contribution is 2.35. The van der Waals surface area contributed by atoms with Crippen molar-refractivity contribution in [3.05, 3.63) is 41.3 Å². The van der Waals surface area contributed by atoms with Crippen LogP contribution in [0.3, 0.4) is 0 Å². The average Bonchev–Trinajstić information content (AvgIpc) is 2.89. The molecule has 0 aliphatic heterocycles. The molecule has 0 unspecified atom stereocenters. The highest BCUT2D eigenvalue weighted by molar-refractivity contribution is 7.15. The molecule has 1 aromatic heterocycles. The van der Waals surface area contributed by atoms with Gasteiger partial charge in [0.2, 0.25) is 5.91 Å². The van der Waals surface area contributed by atoms with Crippen LogP contribution >= 0.6 is 11.3 Å². The number of carbonyl (C=O) groups excluding carboxylic acids is 1. The third-order valence-electron chi connectivity index (χ3n) is 3.10. The Labute approximate surface area is 127 Å². The fourth-order valence-corrected chi connectivity index (χ4v) is 3.00. The lowest BCUT2D eigenvalue weighted by Crippen LogP contribution is -2.12. The predicted octanol–water partition coefficient (Wildman–Crippen LogP) is 4.24. The molecule has 0 radical (unpaired) electrons. The standard InChI is InChI=1S/C16H17NO3S/c1-2-3-9-13(18)17-15-14(16(19)20)12(10-21-15)11-7-5-4-6-8-11/h4-8,10H,2-3,9H2,1H3,(H,17,18)(H,19,20). The van der Waals surface area contributed by atoms with Gasteiger partial charge in [0.05, 0.1) is 0 Å². The maximum atomic E-state index is 11.8. The number of rotatable bonds is 6. The molecule has 21 heavy (non-hydrogen) atoms. The normalized spacial score (nSPS) is 10.3. The minimum absolute atomic E-state index is 0.138. The van der Waals surface area contributed by atoms with E-state index < -0.39 is 5.97 Å². The number of amides is 1. The van der Waals surface area contributed by atoms with Gasteiger partial charge in [-0.15, -0.1) is 11.3 Å². The summed E-state index contributed by atoms with van der Waals surface area (Å²) >= 11 is 1.25. The molecular weight excluding hydrogens is 286 g/mol. The molecule has 2 N–H and O–H groups in total. The summed E-state index contributed by atoms with van der Waals surface area (Å²) in [6.45, 7) is 2.01. The van der Waals surface area contributed by atoms with Gasteiger partial charge in [0.25, 0.3) is 0 Å². The number of carbonyl (C=O) groups is 2. The summed E-state index contributed by atoms with van der Waals surface area (Å²) in [5.41, 5.74) is 1.63. The first kappa shape index (κ1) is 15.3. The molecule has 1 amide bonds. The molecule has 0 bridgehead atoms. The molecule has 0 saturated heterocycles. The van der Waals surface area contributed by atoms with Gasteiger partial charge in [0.1, 0.15) is 10.6 Å². The van der Waals surface area contributed by atoms with Crippen molar-refractivity contribution in [3.8, 4) is 11.1 Å². The molecular formula is C16H17NO3S. The minimum Gasteiger partial charge on any atom is -0.478 e. The highest BCUT2D eigenvalue weighted by atomic mass is 32.1. The van der Waals surface area contributed by atoms with E-state index in [9.17, 15) is 14.7 Å². The number of hydrogen-bond acceptors (Lipinski definition) is 3. The lowest BCUT2D eigenvalue weighted by atomic mass is 10.0. The number of hydrogen-bond donors (Lipinski definition) is 2. The van der Waals surface area contributed by atoms with Crippen LogP contribution in [0.15, 0.2) is 35.7 Å². The zero-order valence-corrected chi connectivity index (χ0v) is 12.6. The molecule has 2 aromatic rings. The van der Waals surface area contributed by atoms with Crippen LogP contribution in [0.4, 0.5) is 5.00 Å². The zero-order valence-electron chi connectivity index (χ0n) is 11.8. The molecule has 5 heteroatoms. The van der Waals surface area contributed by atoms with Gasteiger partial charge in [-0.2, -0.15) is 0 Å². The Hall–Kier alpha value is -2.14. The van der Waals surface area contributed by atoms with Gasteiger partial charge in [-0.25, -0.2) is 4.79 Å². The van der Waals surface area contributed by atoms with Crippen LogP contribution in [-0.4, -0.2) is 17.0 Å². The van der Waals surface area contributed by atoms with Crippen molar-refractivity contribution in [2.45, 2.75) is 26.2 Å². The molecule has 1 heterocycles. The van der Waals surface area contributed by atoms with E-state index in [0.717, 1.165) is 18.4 Å². The molecule has 0 aliphatic carbocycles. The van der Waals surface area contributed by atoms with Crippen molar-refractivity contribution in [1.29, 1.82) is 0 Å². The third kappa shape index (κ3) is 3.70. The van der Waals surface area contributed by atoms with Crippen molar-refractivity contribution in [3.63, 3.8) is 0 Å². The summed E-state index contributed by atoms with van der Waals surface area (Å²) in [5.74, 6) is -1.17. The summed E-state index contributed by atoms with van der Waals surface area (Å²) in [7, 11) is 0. The van der Waals surface area contributed by atoms with Crippen molar-refractivity contribution >= 4 is 28.2 Å². The Morgan fingerprint density at radius 1 is 1.24 bits per heavy atom. The number of unbranched alkanes of at least 4 members (excludes halogenated alkanes) is 1. The van der Waals surface area contributed by atoms with Gasteiger partial charge in [0, 0.05) is 17.4 Å². The van der Waals surface area contributed by atoms with Crippen molar-refractivity contribution in [2.24, 2.45) is 0 Å². The average molecular weight is 303 g/mol. The fourth-order valence-electron chi connectivity index (χ4n) is 2.02. The smallest absolute Gasteiger partial charge is 0.339 e. The highest BCUT2D eigenvalue weighted by Gasteiger charge is 2.20. The van der Waals surface area contributed by atoms with Crippen LogP contribution in [0.25, 0.3) is 11.1 Å². The maximum Gasteiger partial charge on any atom is 0.339 e. The second kappa shape index (κ2) is 7.04. The summed E-state index contributed by atoms with van der Waals surface area (Å²) in [6, 6.07) is 9.31. The number of thiophene rings is 1. The largest absolute Gasteiger partial charge is 0.478 e. The van der Waals surface area contributed by atoms with E-state index in [1.165, 1.54) is 11.3 Å². The topological polar surface area (TPSA) is 66.4 Å². The number of aromatic carboxylic acids is 1. The SMILES string of the molecule is CCCCC(=O)Nc1scc(-c2ccccc2)c1C(=O)O. The molecule has 0 spiro atoms. The van der Waals surface area contributed by atoms with Gasteiger partial charge in [0.15, 0.2) is 0 Å². The summed E-state index contributed by atoms with van der Waals surface area (Å²) in [4.78, 5) is 23.3. The molecule has 0 atom stereocenters. The molecule has 110 valence electrons. The maximum absolute atomic E-state index is 11.8. The zero-order chi connectivity index (χ0) is 15.2. The first-order valence-corrected chi connectivity index (χ1v) is 7.71. The van der Waals surface area contributed by atoms with Crippen LogP contribution < -0.4 is 5.32 Å². The van der Waals surface area contributed by atoms with Crippen LogP contribution in [0.5, 0.6) is 0 Å². The van der Waals surface area contributed by atoms with E-state index in [2.05, 4.69) is 5.32 Å². The Balaban J connectivity index is 2.30. The van der Waals surface area contributed by atoms with Crippen molar-refractivity contribution in [1.82, 2.24) is 0 Å². The van der Waals surface area contributed by atoms with E-state index in [0.29, 0.717) is 17.0 Å². The van der Waals surface area contributed by atoms with E-state index in [1.54, 1.807) is 5.38 Å². The lowest BCUT2D eigenvalue weighted by Gasteiger charge is -2.05. The molecule has 4 nitrogen and oxygen atoms in total. The Morgan fingerprint density at radius 2 is 1.95 bits per heavy atom. The predicted molar refractivity (Wildman–Crippen MR) is 84.9 cm³/mol. The monoisotopic (exact) mass is 303 g/mol. The molecule has 0 saturated carbocycles. The van der Waals surface area contributed by atoms with Gasteiger partial charge in [-0.1, -0.05) is 43.7 Å². The second-order valence-electron chi connectivity index (χ2n) is 4.68. The first-order valence-electron chi connectivity index (χ1n) is 6.83. The number of benzene rings is 1. The number of carboxylic acid groups (broad SMARTS) is 1. The summed E-state index contributed by atoms with van der Waals surface area (Å²) in [5, 5.41) is 14.3. The molecule has 0 aliphatic rings. The van der Waals surface area contributed by atoms with Crippen molar-refractivity contribution in [2.75, 3.05) is 5.32 Å². The summed E-state index contributed by atoms with van der Waals surface area (Å²) in [6.07, 6.45) is 2.14. The quantitative estimate of drug-likeness (QED) is 0.838. The third-order valence-corrected chi connectivity index (χ3v) is 4.00. The Bertz CT molecular complexity index is 634. The van der Waals surface area contributed by atoms with Crippen LogP contribution in [-0.2, 0) is 4.79 Å². The van der Waals surface area contributed by atoms with Crippen LogP contribution in [0.2, 0.25) is 0 Å². The number of nitrogens with one attached hydrogen (secondary N) is 1. The second-order valence-corrected chi connectivity index (χ2v) is 5.56. The molecule has 1 aromatic carbocycles. The van der Waals surface area contributed by atoms with Crippen LogP contribution in [0.1, 0.15) is 36.5 Å². The fraction of sp³-hybridized carbons (Fsp3) is 0.250. The van der Waals surface area contributed by atoms with Crippen molar-refractivity contribution < 1.29 is 14.7 Å². The first-order chi connectivity index (χ1) is 10.1. The Morgan fingerprint density at radius 3 is 2.57 bits per heavy atom. The van der Waals surface area contributed by atoms with Gasteiger partial charge < -0.3 is 10.4 Å². The van der Waals surface area contributed by atoms with E-state index >= 15 is 0 Å². The van der Waals surface area contributed by atoms with E-state index in [4.69, 9.17) is 0 Å². The summed E-state index contributed by atoms with van der Waals surface area (Å²) < 4.78 is 0. The van der Waals surface area contributed by atoms with Gasteiger partial charge in [-0.3, -0.25) is 4.79 Å². The minimum atomic E-state index is -1.03. The van der Waals surface area contributed by atoms with E-state index in [-0.39, 0.29) is 11.5 Å². The number of carboxylic acids is 1. The van der Waals surface area contributed by atoms with E-state index in [1.807, 2.05) is 37.3 Å². The van der Waals surface area contributed by atoms with Gasteiger partial charge >= 0.3 is 5.97 Å². The molecule has 2 rings (SSSR count). The molecule has 0 fully saturated rings. The Kier molecular flexibility index (Phi) is 5.11. The number of anilines is 1. The van der Waals surface area contributed by atoms with Crippen LogP contribution in [0, 0.1) is 0 Å².